The Bertz CT molecular complexity index is 700. The molecule has 1 aromatic carbocycles. The molecule has 2 aromatic rings. The Morgan fingerprint density at radius 3 is 3.00 bits per heavy atom. The average molecular weight is 312 g/mol. The van der Waals surface area contributed by atoms with E-state index in [2.05, 4.69) is 27.6 Å². The van der Waals surface area contributed by atoms with E-state index >= 15 is 0 Å². The van der Waals surface area contributed by atoms with Gasteiger partial charge in [0.05, 0.1) is 11.2 Å². The first-order valence-corrected chi connectivity index (χ1v) is 8.25. The summed E-state index contributed by atoms with van der Waals surface area (Å²) in [5.74, 6) is 0. The number of hydrogen-bond acceptors (Lipinski definition) is 3. The number of hydrogen-bond donors (Lipinski definition) is 2. The van der Waals surface area contributed by atoms with Gasteiger partial charge in [-0.1, -0.05) is 18.2 Å². The molecule has 1 fully saturated rings. The minimum atomic E-state index is -0.165. The fourth-order valence-corrected chi connectivity index (χ4v) is 3.21. The second kappa shape index (κ2) is 6.96. The summed E-state index contributed by atoms with van der Waals surface area (Å²) in [6.45, 7) is 3.81. The van der Waals surface area contributed by atoms with Crippen molar-refractivity contribution in [3.05, 3.63) is 36.0 Å². The van der Waals surface area contributed by atoms with Crippen LogP contribution in [0.15, 0.2) is 30.3 Å². The third-order valence-corrected chi connectivity index (χ3v) is 4.54. The number of fused-ring (bicyclic) bond motifs is 1. The molecule has 1 unspecified atom stereocenters. The van der Waals surface area contributed by atoms with Crippen LogP contribution in [0, 0.1) is 6.92 Å². The molecule has 23 heavy (non-hydrogen) atoms. The van der Waals surface area contributed by atoms with E-state index in [1.807, 2.05) is 37.3 Å². The van der Waals surface area contributed by atoms with Crippen molar-refractivity contribution in [1.29, 1.82) is 0 Å². The molecule has 2 heterocycles. The summed E-state index contributed by atoms with van der Waals surface area (Å²) >= 11 is 0. The number of nitrogens with zero attached hydrogens (tertiary/aromatic N) is 2. The van der Waals surface area contributed by atoms with Crippen LogP contribution in [-0.4, -0.2) is 42.1 Å². The molecule has 122 valence electrons. The Morgan fingerprint density at radius 1 is 1.35 bits per heavy atom. The summed E-state index contributed by atoms with van der Waals surface area (Å²) in [7, 11) is 2.15. The predicted octanol–water partition coefficient (Wildman–Crippen LogP) is 3.15. The Labute approximate surface area is 137 Å². The highest BCUT2D eigenvalue weighted by Gasteiger charge is 2.20. The lowest BCUT2D eigenvalue weighted by molar-refractivity contribution is 0.249. The second-order valence-electron chi connectivity index (χ2n) is 6.28. The van der Waals surface area contributed by atoms with Crippen LogP contribution in [0.5, 0.6) is 0 Å². The molecule has 2 N–H and O–H groups in total. The lowest BCUT2D eigenvalue weighted by Crippen LogP contribution is -2.34. The molecule has 1 aliphatic rings. The minimum Gasteiger partial charge on any atom is -0.338 e. The van der Waals surface area contributed by atoms with Crippen LogP contribution in [0.4, 0.5) is 10.5 Å². The number of rotatable bonds is 4. The van der Waals surface area contributed by atoms with E-state index in [-0.39, 0.29) is 6.03 Å². The number of carbonyl (C=O) groups is 1. The van der Waals surface area contributed by atoms with E-state index < -0.39 is 0 Å². The maximum Gasteiger partial charge on any atom is 0.319 e. The van der Waals surface area contributed by atoms with E-state index in [0.29, 0.717) is 12.6 Å². The first-order chi connectivity index (χ1) is 11.1. The van der Waals surface area contributed by atoms with Gasteiger partial charge >= 0.3 is 6.03 Å². The highest BCUT2D eigenvalue weighted by atomic mass is 16.2. The number of urea groups is 1. The Kier molecular flexibility index (Phi) is 4.76. The molecule has 1 saturated heterocycles. The monoisotopic (exact) mass is 312 g/mol. The normalized spacial score (nSPS) is 18.3. The number of amides is 2. The van der Waals surface area contributed by atoms with Gasteiger partial charge in [0, 0.05) is 23.7 Å². The quantitative estimate of drug-likeness (QED) is 0.912. The third-order valence-electron chi connectivity index (χ3n) is 4.54. The van der Waals surface area contributed by atoms with Crippen LogP contribution in [0.1, 0.15) is 25.0 Å². The number of aryl methyl sites for hydroxylation is 1. The zero-order chi connectivity index (χ0) is 16.2. The standard InChI is InChI=1S/C18H24N4O/c1-13-8-9-14-5-3-7-16(17(14)20-13)21-18(23)19-11-10-15-6-4-12-22(15)2/h3,5,7-9,15H,4,6,10-12H2,1-2H3,(H2,19,21,23). The van der Waals surface area contributed by atoms with Crippen LogP contribution < -0.4 is 10.6 Å². The number of pyridine rings is 1. The van der Waals surface area contributed by atoms with Crippen LogP contribution >= 0.6 is 0 Å². The smallest absolute Gasteiger partial charge is 0.319 e. The number of benzene rings is 1. The molecule has 0 aliphatic carbocycles. The number of nitrogens with one attached hydrogen (secondary N) is 2. The third kappa shape index (κ3) is 3.79. The molecule has 1 aromatic heterocycles. The number of para-hydroxylation sites is 1. The van der Waals surface area contributed by atoms with Gasteiger partial charge in [-0.3, -0.25) is 4.98 Å². The highest BCUT2D eigenvalue weighted by molar-refractivity contribution is 5.99. The van der Waals surface area contributed by atoms with Gasteiger partial charge in [0.1, 0.15) is 0 Å². The summed E-state index contributed by atoms with van der Waals surface area (Å²) in [4.78, 5) is 19.0. The topological polar surface area (TPSA) is 57.3 Å². The van der Waals surface area contributed by atoms with Crippen molar-refractivity contribution >= 4 is 22.6 Å². The molecule has 0 saturated carbocycles. The first kappa shape index (κ1) is 15.7. The van der Waals surface area contributed by atoms with Gasteiger partial charge < -0.3 is 15.5 Å². The Hall–Kier alpha value is -2.14. The van der Waals surface area contributed by atoms with Gasteiger partial charge in [0.25, 0.3) is 0 Å². The molecular weight excluding hydrogens is 288 g/mol. The van der Waals surface area contributed by atoms with Gasteiger partial charge in [-0.2, -0.15) is 0 Å². The maximum absolute atomic E-state index is 12.1. The second-order valence-corrected chi connectivity index (χ2v) is 6.28. The van der Waals surface area contributed by atoms with Crippen LogP contribution in [0.25, 0.3) is 10.9 Å². The average Bonchev–Trinajstić information content (AvgIpc) is 2.93. The van der Waals surface area contributed by atoms with E-state index in [9.17, 15) is 4.79 Å². The van der Waals surface area contributed by atoms with Crippen molar-refractivity contribution in [2.75, 3.05) is 25.5 Å². The van der Waals surface area contributed by atoms with Gasteiger partial charge in [0.15, 0.2) is 0 Å². The van der Waals surface area contributed by atoms with Crippen molar-refractivity contribution in [2.24, 2.45) is 0 Å². The highest BCUT2D eigenvalue weighted by Crippen LogP contribution is 2.21. The number of anilines is 1. The van der Waals surface area contributed by atoms with Crippen molar-refractivity contribution in [1.82, 2.24) is 15.2 Å². The lowest BCUT2D eigenvalue weighted by Gasteiger charge is -2.19. The summed E-state index contributed by atoms with van der Waals surface area (Å²) in [6, 6.07) is 10.3. The molecule has 1 aliphatic heterocycles. The van der Waals surface area contributed by atoms with Gasteiger partial charge in [-0.15, -0.1) is 0 Å². The van der Waals surface area contributed by atoms with Crippen molar-refractivity contribution < 1.29 is 4.79 Å². The van der Waals surface area contributed by atoms with E-state index in [0.717, 1.165) is 35.2 Å². The molecule has 3 rings (SSSR count). The zero-order valence-corrected chi connectivity index (χ0v) is 13.8. The van der Waals surface area contributed by atoms with Crippen molar-refractivity contribution in [3.63, 3.8) is 0 Å². The molecule has 1 atom stereocenters. The summed E-state index contributed by atoms with van der Waals surface area (Å²) in [5.41, 5.74) is 2.52. The van der Waals surface area contributed by atoms with Crippen LogP contribution in [-0.2, 0) is 0 Å². The fraction of sp³-hybridized carbons (Fsp3) is 0.444. The molecule has 5 heteroatoms. The summed E-state index contributed by atoms with van der Waals surface area (Å²) < 4.78 is 0. The molecule has 0 spiro atoms. The van der Waals surface area contributed by atoms with Crippen molar-refractivity contribution in [2.45, 2.75) is 32.2 Å². The minimum absolute atomic E-state index is 0.165. The zero-order valence-electron chi connectivity index (χ0n) is 13.8. The molecule has 0 bridgehead atoms. The lowest BCUT2D eigenvalue weighted by atomic mass is 10.1. The number of carbonyl (C=O) groups excluding carboxylic acids is 1. The van der Waals surface area contributed by atoms with E-state index in [1.165, 1.54) is 12.8 Å². The van der Waals surface area contributed by atoms with E-state index in [1.54, 1.807) is 0 Å². The Morgan fingerprint density at radius 2 is 2.22 bits per heavy atom. The maximum atomic E-state index is 12.1. The van der Waals surface area contributed by atoms with E-state index in [4.69, 9.17) is 0 Å². The molecule has 5 nitrogen and oxygen atoms in total. The summed E-state index contributed by atoms with van der Waals surface area (Å²) in [5, 5.41) is 6.90. The predicted molar refractivity (Wildman–Crippen MR) is 93.8 cm³/mol. The molecule has 0 radical (unpaired) electrons. The largest absolute Gasteiger partial charge is 0.338 e. The first-order valence-electron chi connectivity index (χ1n) is 8.25. The van der Waals surface area contributed by atoms with Crippen molar-refractivity contribution in [3.8, 4) is 0 Å². The van der Waals surface area contributed by atoms with Gasteiger partial charge in [-0.25, -0.2) is 4.79 Å². The van der Waals surface area contributed by atoms with Crippen LogP contribution in [0.2, 0.25) is 0 Å². The summed E-state index contributed by atoms with van der Waals surface area (Å²) in [6.07, 6.45) is 3.48. The number of aromatic nitrogens is 1. The van der Waals surface area contributed by atoms with Gasteiger partial charge in [-0.05, 0) is 51.9 Å². The SMILES string of the molecule is Cc1ccc2cccc(NC(=O)NCCC3CCCN3C)c2n1. The van der Waals surface area contributed by atoms with Crippen LogP contribution in [0.3, 0.4) is 0 Å². The van der Waals surface area contributed by atoms with Gasteiger partial charge in [0.2, 0.25) is 0 Å². The fourth-order valence-electron chi connectivity index (χ4n) is 3.21. The molecule has 2 amide bonds. The molecular formula is C18H24N4O. The Balaban J connectivity index is 1.58. The number of likely N-dealkylation sites (tertiary alicyclic amines) is 1.